The molecule has 0 bridgehead atoms. The zero-order chi connectivity index (χ0) is 13.0. The number of piperidine rings is 1. The van der Waals surface area contributed by atoms with Crippen molar-refractivity contribution in [2.45, 2.75) is 45.2 Å². The van der Waals surface area contributed by atoms with Crippen LogP contribution in [0.1, 0.15) is 33.1 Å². The summed E-state index contributed by atoms with van der Waals surface area (Å²) in [4.78, 5) is 10.4. The van der Waals surface area contributed by atoms with Gasteiger partial charge in [0.05, 0.1) is 12.4 Å². The second-order valence-corrected chi connectivity index (χ2v) is 5.11. The van der Waals surface area contributed by atoms with Crippen molar-refractivity contribution < 1.29 is 4.39 Å². The quantitative estimate of drug-likeness (QED) is 0.889. The van der Waals surface area contributed by atoms with Crippen LogP contribution in [-0.2, 0) is 0 Å². The van der Waals surface area contributed by atoms with Gasteiger partial charge in [-0.2, -0.15) is 0 Å². The Kier molecular flexibility index (Phi) is 4.47. The predicted molar refractivity (Wildman–Crippen MR) is 70.1 cm³/mol. The summed E-state index contributed by atoms with van der Waals surface area (Å²) in [6, 6.07) is 0.884. The lowest BCUT2D eigenvalue weighted by atomic mass is 10.0. The van der Waals surface area contributed by atoms with Crippen LogP contribution < -0.4 is 10.2 Å². The molecule has 0 spiro atoms. The Morgan fingerprint density at radius 2 is 2.11 bits per heavy atom. The first-order valence-corrected chi connectivity index (χ1v) is 6.64. The minimum atomic E-state index is -0.382. The van der Waals surface area contributed by atoms with Crippen LogP contribution in [0.3, 0.4) is 0 Å². The van der Waals surface area contributed by atoms with Gasteiger partial charge in [0, 0.05) is 25.2 Å². The Balaban J connectivity index is 2.05. The lowest BCUT2D eigenvalue weighted by Gasteiger charge is -2.36. The van der Waals surface area contributed by atoms with Crippen LogP contribution in [0.5, 0.6) is 0 Å². The van der Waals surface area contributed by atoms with Crippen molar-refractivity contribution in [3.05, 3.63) is 18.2 Å². The van der Waals surface area contributed by atoms with Gasteiger partial charge in [0.15, 0.2) is 5.82 Å². The van der Waals surface area contributed by atoms with Gasteiger partial charge in [0.2, 0.25) is 5.95 Å². The van der Waals surface area contributed by atoms with Crippen molar-refractivity contribution in [1.82, 2.24) is 15.3 Å². The average molecular weight is 252 g/mol. The van der Waals surface area contributed by atoms with Gasteiger partial charge >= 0.3 is 0 Å². The smallest absolute Gasteiger partial charge is 0.225 e. The van der Waals surface area contributed by atoms with Crippen LogP contribution in [0, 0.1) is 5.82 Å². The van der Waals surface area contributed by atoms with E-state index in [9.17, 15) is 4.39 Å². The number of nitrogens with one attached hydrogen (secondary N) is 1. The normalized spacial score (nSPS) is 20.4. The fourth-order valence-electron chi connectivity index (χ4n) is 2.30. The number of halogens is 1. The maximum Gasteiger partial charge on any atom is 0.225 e. The number of anilines is 1. The topological polar surface area (TPSA) is 41.0 Å². The molecule has 1 aromatic rings. The molecule has 100 valence electrons. The van der Waals surface area contributed by atoms with Gasteiger partial charge in [-0.15, -0.1) is 0 Å². The summed E-state index contributed by atoms with van der Waals surface area (Å²) in [5.41, 5.74) is 0. The number of rotatable bonds is 4. The maximum atomic E-state index is 12.8. The molecule has 4 nitrogen and oxygen atoms in total. The summed E-state index contributed by atoms with van der Waals surface area (Å²) >= 11 is 0. The molecular formula is C13H21FN4. The maximum absolute atomic E-state index is 12.8. The molecule has 1 saturated heterocycles. The van der Waals surface area contributed by atoms with Gasteiger partial charge in [-0.1, -0.05) is 13.8 Å². The number of nitrogens with zero attached hydrogens (tertiary/aromatic N) is 3. The first-order valence-electron chi connectivity index (χ1n) is 6.64. The highest BCUT2D eigenvalue weighted by atomic mass is 19.1. The minimum Gasteiger partial charge on any atom is -0.337 e. The summed E-state index contributed by atoms with van der Waals surface area (Å²) in [5, 5.41) is 3.46. The molecule has 0 saturated carbocycles. The summed E-state index contributed by atoms with van der Waals surface area (Å²) in [5.74, 6) is 0.263. The Bertz CT molecular complexity index is 366. The minimum absolute atomic E-state index is 0.382. The van der Waals surface area contributed by atoms with Gasteiger partial charge in [-0.3, -0.25) is 0 Å². The SMILES string of the molecule is CC(C)NCC1CCCCN1c1ncc(F)cn1. The second kappa shape index (κ2) is 6.09. The molecule has 1 unspecified atom stereocenters. The van der Waals surface area contributed by atoms with Crippen LogP contribution in [0.2, 0.25) is 0 Å². The summed E-state index contributed by atoms with van der Waals surface area (Å²) in [7, 11) is 0. The molecule has 1 atom stereocenters. The Morgan fingerprint density at radius 1 is 1.39 bits per heavy atom. The van der Waals surface area contributed by atoms with E-state index in [0.717, 1.165) is 25.9 Å². The Labute approximate surface area is 108 Å². The fraction of sp³-hybridized carbons (Fsp3) is 0.692. The van der Waals surface area contributed by atoms with E-state index in [4.69, 9.17) is 0 Å². The van der Waals surface area contributed by atoms with Crippen LogP contribution in [0.25, 0.3) is 0 Å². The lowest BCUT2D eigenvalue weighted by molar-refractivity contribution is 0.415. The van der Waals surface area contributed by atoms with Crippen molar-refractivity contribution in [2.24, 2.45) is 0 Å². The third-order valence-electron chi connectivity index (χ3n) is 3.25. The zero-order valence-corrected chi connectivity index (χ0v) is 11.1. The molecule has 5 heteroatoms. The first-order chi connectivity index (χ1) is 8.66. The van der Waals surface area contributed by atoms with Gasteiger partial charge in [0.25, 0.3) is 0 Å². The molecule has 1 aliphatic rings. The van der Waals surface area contributed by atoms with Gasteiger partial charge in [-0.05, 0) is 19.3 Å². The number of aromatic nitrogens is 2. The first kappa shape index (κ1) is 13.2. The summed E-state index contributed by atoms with van der Waals surface area (Å²) in [6.45, 7) is 6.16. The monoisotopic (exact) mass is 252 g/mol. The van der Waals surface area contributed by atoms with Crippen molar-refractivity contribution in [2.75, 3.05) is 18.0 Å². The number of hydrogen-bond acceptors (Lipinski definition) is 4. The molecule has 2 rings (SSSR count). The summed E-state index contributed by atoms with van der Waals surface area (Å²) < 4.78 is 12.8. The van der Waals surface area contributed by atoms with Gasteiger partial charge in [-0.25, -0.2) is 14.4 Å². The molecule has 1 aromatic heterocycles. The Morgan fingerprint density at radius 3 is 2.78 bits per heavy atom. The van der Waals surface area contributed by atoms with E-state index in [1.807, 2.05) is 0 Å². The third kappa shape index (κ3) is 3.38. The van der Waals surface area contributed by atoms with Crippen LogP contribution in [-0.4, -0.2) is 35.1 Å². The van der Waals surface area contributed by atoms with Crippen molar-refractivity contribution >= 4 is 5.95 Å². The van der Waals surface area contributed by atoms with Gasteiger partial charge < -0.3 is 10.2 Å². The Hall–Kier alpha value is -1.23. The molecule has 18 heavy (non-hydrogen) atoms. The van der Waals surface area contributed by atoms with Crippen LogP contribution in [0.15, 0.2) is 12.4 Å². The van der Waals surface area contributed by atoms with E-state index in [1.165, 1.54) is 18.8 Å². The molecule has 0 aromatic carbocycles. The van der Waals surface area contributed by atoms with Crippen molar-refractivity contribution in [3.8, 4) is 0 Å². The molecule has 0 amide bonds. The largest absolute Gasteiger partial charge is 0.337 e. The van der Waals surface area contributed by atoms with E-state index in [0.29, 0.717) is 18.0 Å². The van der Waals surface area contributed by atoms with E-state index < -0.39 is 0 Å². The van der Waals surface area contributed by atoms with Crippen molar-refractivity contribution in [1.29, 1.82) is 0 Å². The average Bonchev–Trinajstić information content (AvgIpc) is 2.38. The standard InChI is InChI=1S/C13H21FN4/c1-10(2)15-9-12-5-3-4-6-18(12)13-16-7-11(14)8-17-13/h7-8,10,12,15H,3-6,9H2,1-2H3. The third-order valence-corrected chi connectivity index (χ3v) is 3.25. The van der Waals surface area contributed by atoms with E-state index in [2.05, 4.69) is 34.0 Å². The van der Waals surface area contributed by atoms with E-state index >= 15 is 0 Å². The predicted octanol–water partition coefficient (Wildman–Crippen LogP) is 1.97. The highest BCUT2D eigenvalue weighted by Gasteiger charge is 2.24. The second-order valence-electron chi connectivity index (χ2n) is 5.11. The van der Waals surface area contributed by atoms with Crippen LogP contribution >= 0.6 is 0 Å². The molecule has 1 aliphatic heterocycles. The van der Waals surface area contributed by atoms with Crippen molar-refractivity contribution in [3.63, 3.8) is 0 Å². The highest BCUT2D eigenvalue weighted by molar-refractivity contribution is 5.31. The number of hydrogen-bond donors (Lipinski definition) is 1. The zero-order valence-electron chi connectivity index (χ0n) is 11.1. The molecule has 0 radical (unpaired) electrons. The van der Waals surface area contributed by atoms with Gasteiger partial charge in [0.1, 0.15) is 0 Å². The molecule has 1 fully saturated rings. The molecule has 2 heterocycles. The summed E-state index contributed by atoms with van der Waals surface area (Å²) in [6.07, 6.45) is 6.01. The van der Waals surface area contributed by atoms with E-state index in [1.54, 1.807) is 0 Å². The van der Waals surface area contributed by atoms with Crippen LogP contribution in [0.4, 0.5) is 10.3 Å². The lowest BCUT2D eigenvalue weighted by Crippen LogP contribution is -2.47. The fourth-order valence-corrected chi connectivity index (χ4v) is 2.30. The highest BCUT2D eigenvalue weighted by Crippen LogP contribution is 2.21. The molecular weight excluding hydrogens is 231 g/mol. The molecule has 1 N–H and O–H groups in total. The van der Waals surface area contributed by atoms with E-state index in [-0.39, 0.29) is 5.82 Å². The molecule has 0 aliphatic carbocycles.